The summed E-state index contributed by atoms with van der Waals surface area (Å²) < 4.78 is 11.9. The SMILES string of the molecule is CN1CCN(C(=O)CCCOc2ccccc2N(C)C(=O)c2ccc(NC(=O)c3ccccc3OCCCN3C(=O)c4ccccc4C3=O)cc2)CC1. The molecule has 12 heteroatoms. The molecular formula is C41H43N5O7. The Balaban J connectivity index is 0.988. The van der Waals surface area contributed by atoms with Crippen molar-refractivity contribution in [2.45, 2.75) is 19.3 Å². The number of imide groups is 1. The maximum atomic E-state index is 13.5. The molecule has 2 heterocycles. The summed E-state index contributed by atoms with van der Waals surface area (Å²) in [6.45, 7) is 3.98. The van der Waals surface area contributed by atoms with Crippen LogP contribution in [0.2, 0.25) is 0 Å². The minimum atomic E-state index is -0.395. The molecule has 1 N–H and O–H groups in total. The molecule has 0 unspecified atom stereocenters. The van der Waals surface area contributed by atoms with Gasteiger partial charge in [-0.1, -0.05) is 36.4 Å². The van der Waals surface area contributed by atoms with E-state index in [1.165, 1.54) is 9.80 Å². The van der Waals surface area contributed by atoms with Crippen molar-refractivity contribution in [3.05, 3.63) is 119 Å². The summed E-state index contributed by atoms with van der Waals surface area (Å²) in [6.07, 6.45) is 1.36. The lowest BCUT2D eigenvalue weighted by Crippen LogP contribution is -2.47. The minimum absolute atomic E-state index is 0.134. The smallest absolute Gasteiger partial charge is 0.261 e. The van der Waals surface area contributed by atoms with Crippen LogP contribution in [0.5, 0.6) is 11.5 Å². The summed E-state index contributed by atoms with van der Waals surface area (Å²) in [5.41, 5.74) is 2.62. The zero-order valence-electron chi connectivity index (χ0n) is 30.0. The van der Waals surface area contributed by atoms with Crippen LogP contribution in [0.4, 0.5) is 11.4 Å². The number of fused-ring (bicyclic) bond motifs is 1. The topological polar surface area (TPSA) is 129 Å². The summed E-state index contributed by atoms with van der Waals surface area (Å²) in [6, 6.07) is 27.4. The van der Waals surface area contributed by atoms with Crippen molar-refractivity contribution >= 4 is 40.9 Å². The number of likely N-dealkylation sites (N-methyl/N-ethyl adjacent to an activating group) is 1. The number of para-hydroxylation sites is 3. The number of anilines is 2. The molecule has 2 aliphatic rings. The molecule has 12 nitrogen and oxygen atoms in total. The van der Waals surface area contributed by atoms with Gasteiger partial charge >= 0.3 is 0 Å². The van der Waals surface area contributed by atoms with Gasteiger partial charge in [-0.05, 0) is 80.6 Å². The Bertz CT molecular complexity index is 1940. The monoisotopic (exact) mass is 717 g/mol. The van der Waals surface area contributed by atoms with E-state index >= 15 is 0 Å². The second kappa shape index (κ2) is 17.0. The van der Waals surface area contributed by atoms with Crippen molar-refractivity contribution in [3.63, 3.8) is 0 Å². The highest BCUT2D eigenvalue weighted by Gasteiger charge is 2.34. The summed E-state index contributed by atoms with van der Waals surface area (Å²) in [7, 11) is 3.73. The van der Waals surface area contributed by atoms with Crippen molar-refractivity contribution in [2.24, 2.45) is 0 Å². The van der Waals surface area contributed by atoms with E-state index in [4.69, 9.17) is 9.47 Å². The van der Waals surface area contributed by atoms with Gasteiger partial charge in [0.25, 0.3) is 23.6 Å². The maximum Gasteiger partial charge on any atom is 0.261 e. The van der Waals surface area contributed by atoms with Crippen LogP contribution >= 0.6 is 0 Å². The van der Waals surface area contributed by atoms with Crippen LogP contribution in [0.3, 0.4) is 0 Å². The third kappa shape index (κ3) is 8.73. The molecule has 5 amide bonds. The third-order valence-corrected chi connectivity index (χ3v) is 9.36. The molecule has 6 rings (SSSR count). The highest BCUT2D eigenvalue weighted by molar-refractivity contribution is 6.21. The highest BCUT2D eigenvalue weighted by atomic mass is 16.5. The van der Waals surface area contributed by atoms with Crippen LogP contribution < -0.4 is 19.7 Å². The van der Waals surface area contributed by atoms with Crippen molar-refractivity contribution < 1.29 is 33.4 Å². The van der Waals surface area contributed by atoms with E-state index in [0.717, 1.165) is 26.2 Å². The van der Waals surface area contributed by atoms with Crippen LogP contribution in [-0.4, -0.2) is 104 Å². The molecule has 0 aromatic heterocycles. The van der Waals surface area contributed by atoms with Crippen molar-refractivity contribution in [1.29, 1.82) is 0 Å². The predicted octanol–water partition coefficient (Wildman–Crippen LogP) is 5.21. The summed E-state index contributed by atoms with van der Waals surface area (Å²) in [5.74, 6) is -0.249. The summed E-state index contributed by atoms with van der Waals surface area (Å²) in [4.78, 5) is 71.5. The average Bonchev–Trinajstić information content (AvgIpc) is 3.43. The van der Waals surface area contributed by atoms with Crippen molar-refractivity contribution in [2.75, 3.05) is 70.2 Å². The van der Waals surface area contributed by atoms with E-state index in [1.54, 1.807) is 92.0 Å². The van der Waals surface area contributed by atoms with Crippen LogP contribution in [0.25, 0.3) is 0 Å². The molecule has 0 bridgehead atoms. The molecule has 1 fully saturated rings. The van der Waals surface area contributed by atoms with Gasteiger partial charge in [0.1, 0.15) is 11.5 Å². The number of nitrogens with zero attached hydrogens (tertiary/aromatic N) is 4. The van der Waals surface area contributed by atoms with Crippen molar-refractivity contribution in [1.82, 2.24) is 14.7 Å². The maximum absolute atomic E-state index is 13.5. The van der Waals surface area contributed by atoms with Crippen LogP contribution in [0.1, 0.15) is 60.7 Å². The highest BCUT2D eigenvalue weighted by Crippen LogP contribution is 2.29. The number of rotatable bonds is 14. The molecule has 2 aliphatic heterocycles. The lowest BCUT2D eigenvalue weighted by molar-refractivity contribution is -0.133. The van der Waals surface area contributed by atoms with Gasteiger partial charge in [0.15, 0.2) is 0 Å². The van der Waals surface area contributed by atoms with E-state index in [-0.39, 0.29) is 36.8 Å². The lowest BCUT2D eigenvalue weighted by atomic mass is 10.1. The Kier molecular flexibility index (Phi) is 11.8. The molecule has 0 atom stereocenters. The zero-order valence-corrected chi connectivity index (χ0v) is 30.0. The van der Waals surface area contributed by atoms with Crippen molar-refractivity contribution in [3.8, 4) is 11.5 Å². The van der Waals surface area contributed by atoms with Gasteiger partial charge < -0.3 is 29.5 Å². The number of carbonyl (C=O) groups is 5. The van der Waals surface area contributed by atoms with E-state index in [0.29, 0.717) is 71.0 Å². The van der Waals surface area contributed by atoms with Gasteiger partial charge in [0, 0.05) is 57.4 Å². The number of hydrogen-bond donors (Lipinski definition) is 1. The summed E-state index contributed by atoms with van der Waals surface area (Å²) in [5, 5.41) is 2.86. The normalized spacial score (nSPS) is 14.2. The first-order valence-corrected chi connectivity index (χ1v) is 17.8. The van der Waals surface area contributed by atoms with Gasteiger partial charge in [0.2, 0.25) is 5.91 Å². The Morgan fingerprint density at radius 2 is 1.30 bits per heavy atom. The number of hydrogen-bond acceptors (Lipinski definition) is 8. The standard InChI is InChI=1S/C41H43N5O7/c1-43-23-25-45(26-24-43)37(47)17-9-27-53-36-16-8-6-14-34(36)44(2)39(49)29-18-20-30(21-19-29)42-38(48)33-13-5-7-15-35(33)52-28-10-22-46-40(50)31-11-3-4-12-32(31)41(46)51/h3-8,11-16,18-21H,9-10,17,22-28H2,1-2H3,(H,42,48). The Hall–Kier alpha value is -6.01. The Morgan fingerprint density at radius 3 is 2.00 bits per heavy atom. The fourth-order valence-corrected chi connectivity index (χ4v) is 6.30. The molecule has 4 aromatic rings. The van der Waals surface area contributed by atoms with Crippen LogP contribution in [0, 0.1) is 0 Å². The largest absolute Gasteiger partial charge is 0.493 e. The van der Waals surface area contributed by atoms with E-state index in [9.17, 15) is 24.0 Å². The second-order valence-electron chi connectivity index (χ2n) is 13.0. The fourth-order valence-electron chi connectivity index (χ4n) is 6.30. The van der Waals surface area contributed by atoms with Gasteiger partial charge in [-0.15, -0.1) is 0 Å². The van der Waals surface area contributed by atoms with Gasteiger partial charge in [0.05, 0.1) is 35.6 Å². The molecule has 0 aliphatic carbocycles. The fraction of sp³-hybridized carbons (Fsp3) is 0.293. The number of nitrogens with one attached hydrogen (secondary N) is 1. The third-order valence-electron chi connectivity index (χ3n) is 9.36. The first-order valence-electron chi connectivity index (χ1n) is 17.8. The number of ether oxygens (including phenoxy) is 2. The lowest BCUT2D eigenvalue weighted by Gasteiger charge is -2.32. The molecule has 4 aromatic carbocycles. The zero-order chi connectivity index (χ0) is 37.3. The quantitative estimate of drug-likeness (QED) is 0.139. The van der Waals surface area contributed by atoms with Gasteiger partial charge in [-0.3, -0.25) is 28.9 Å². The Labute approximate surface area is 308 Å². The van der Waals surface area contributed by atoms with Crippen LogP contribution in [0.15, 0.2) is 97.1 Å². The van der Waals surface area contributed by atoms with Crippen LogP contribution in [-0.2, 0) is 4.79 Å². The molecule has 0 saturated carbocycles. The molecule has 0 radical (unpaired) electrons. The Morgan fingerprint density at radius 1 is 0.717 bits per heavy atom. The van der Waals surface area contributed by atoms with Gasteiger partial charge in [-0.25, -0.2) is 0 Å². The first kappa shape index (κ1) is 36.8. The molecule has 53 heavy (non-hydrogen) atoms. The number of amides is 5. The van der Waals surface area contributed by atoms with Gasteiger partial charge in [-0.2, -0.15) is 0 Å². The first-order chi connectivity index (χ1) is 25.7. The summed E-state index contributed by atoms with van der Waals surface area (Å²) >= 11 is 0. The number of carbonyl (C=O) groups excluding carboxylic acids is 5. The van der Waals surface area contributed by atoms with E-state index in [1.807, 2.05) is 17.0 Å². The molecule has 0 spiro atoms. The average molecular weight is 718 g/mol. The molecule has 274 valence electrons. The number of benzene rings is 4. The predicted molar refractivity (Wildman–Crippen MR) is 201 cm³/mol. The number of piperazine rings is 1. The van der Waals surface area contributed by atoms with E-state index in [2.05, 4.69) is 17.3 Å². The second-order valence-corrected chi connectivity index (χ2v) is 13.0. The minimum Gasteiger partial charge on any atom is -0.493 e. The molecular weight excluding hydrogens is 674 g/mol. The molecule has 1 saturated heterocycles. The van der Waals surface area contributed by atoms with E-state index < -0.39 is 5.91 Å².